The van der Waals surface area contributed by atoms with Crippen LogP contribution in [0.25, 0.3) is 0 Å². The lowest BCUT2D eigenvalue weighted by Gasteiger charge is -2.16. The molecule has 1 heterocycles. The highest BCUT2D eigenvalue weighted by Gasteiger charge is 2.44. The molecular weight excluding hydrogens is 159 g/mol. The number of hydrogen-bond donors (Lipinski definition) is 1. The summed E-state index contributed by atoms with van der Waals surface area (Å²) in [4.78, 5) is 0. The highest BCUT2D eigenvalue weighted by atomic mass is 19.1. The molecule has 12 heavy (non-hydrogen) atoms. The molecule has 1 N–H and O–H groups in total. The van der Waals surface area contributed by atoms with E-state index < -0.39 is 18.4 Å². The molecule has 72 valence electrons. The van der Waals surface area contributed by atoms with Crippen molar-refractivity contribution in [2.24, 2.45) is 5.92 Å². The van der Waals surface area contributed by atoms with Crippen LogP contribution in [0.2, 0.25) is 0 Å². The Morgan fingerprint density at radius 3 is 2.33 bits per heavy atom. The predicted molar refractivity (Wildman–Crippen MR) is 44.7 cm³/mol. The highest BCUT2D eigenvalue weighted by molar-refractivity contribution is 4.91. The number of hydrogen-bond acceptors (Lipinski definition) is 2. The molecule has 0 bridgehead atoms. The van der Waals surface area contributed by atoms with Crippen molar-refractivity contribution >= 4 is 0 Å². The van der Waals surface area contributed by atoms with Crippen molar-refractivity contribution in [3.05, 3.63) is 0 Å². The lowest BCUT2D eigenvalue weighted by Crippen LogP contribution is -2.30. The van der Waals surface area contributed by atoms with Crippen molar-refractivity contribution < 1.29 is 14.2 Å². The third-order valence-electron chi connectivity index (χ3n) is 2.41. The van der Waals surface area contributed by atoms with E-state index in [1.54, 1.807) is 0 Å². The molecule has 0 aromatic rings. The summed E-state index contributed by atoms with van der Waals surface area (Å²) in [7, 11) is 0. The second-order valence-electron chi connectivity index (χ2n) is 3.73. The summed E-state index contributed by atoms with van der Waals surface area (Å²) >= 11 is 0. The zero-order valence-electron chi connectivity index (χ0n) is 7.83. The van der Waals surface area contributed by atoms with E-state index in [9.17, 15) is 9.50 Å². The van der Waals surface area contributed by atoms with Crippen molar-refractivity contribution in [2.75, 3.05) is 0 Å². The topological polar surface area (TPSA) is 29.5 Å². The fourth-order valence-electron chi connectivity index (χ4n) is 1.62. The van der Waals surface area contributed by atoms with Crippen LogP contribution in [0.1, 0.15) is 27.2 Å². The third kappa shape index (κ3) is 1.62. The SMILES string of the molecule is CC[C@H]1O[C@@H](C(C)C)[C@@H](F)[C@@H]1O. The van der Waals surface area contributed by atoms with Gasteiger partial charge in [-0.2, -0.15) is 0 Å². The third-order valence-corrected chi connectivity index (χ3v) is 2.41. The minimum atomic E-state index is -1.21. The molecular formula is C9H17FO2. The lowest BCUT2D eigenvalue weighted by molar-refractivity contribution is -0.00968. The van der Waals surface area contributed by atoms with Gasteiger partial charge in [-0.25, -0.2) is 4.39 Å². The summed E-state index contributed by atoms with van der Waals surface area (Å²) in [5.41, 5.74) is 0. The average molecular weight is 176 g/mol. The molecule has 0 amide bonds. The van der Waals surface area contributed by atoms with Gasteiger partial charge in [-0.3, -0.25) is 0 Å². The minimum Gasteiger partial charge on any atom is -0.387 e. The van der Waals surface area contributed by atoms with E-state index >= 15 is 0 Å². The number of ether oxygens (including phenoxy) is 1. The van der Waals surface area contributed by atoms with Gasteiger partial charge in [0, 0.05) is 0 Å². The van der Waals surface area contributed by atoms with Gasteiger partial charge in [0.25, 0.3) is 0 Å². The maximum absolute atomic E-state index is 13.3. The van der Waals surface area contributed by atoms with Crippen molar-refractivity contribution in [1.29, 1.82) is 0 Å². The minimum absolute atomic E-state index is 0.131. The van der Waals surface area contributed by atoms with Gasteiger partial charge in [0.05, 0.1) is 12.2 Å². The molecule has 0 aliphatic carbocycles. The van der Waals surface area contributed by atoms with Crippen LogP contribution in [0.3, 0.4) is 0 Å². The van der Waals surface area contributed by atoms with E-state index in [2.05, 4.69) is 0 Å². The Bertz CT molecular complexity index is 149. The zero-order chi connectivity index (χ0) is 9.30. The summed E-state index contributed by atoms with van der Waals surface area (Å²) in [5, 5.41) is 9.38. The van der Waals surface area contributed by atoms with Crippen molar-refractivity contribution in [1.82, 2.24) is 0 Å². The quantitative estimate of drug-likeness (QED) is 0.691. The van der Waals surface area contributed by atoms with E-state index in [0.29, 0.717) is 6.42 Å². The number of rotatable bonds is 2. The van der Waals surface area contributed by atoms with E-state index in [1.165, 1.54) is 0 Å². The van der Waals surface area contributed by atoms with Gasteiger partial charge in [-0.05, 0) is 12.3 Å². The molecule has 0 unspecified atom stereocenters. The predicted octanol–water partition coefficient (Wildman–Crippen LogP) is 1.52. The first-order valence-electron chi connectivity index (χ1n) is 4.55. The first-order chi connectivity index (χ1) is 5.57. The van der Waals surface area contributed by atoms with Crippen LogP contribution in [0.5, 0.6) is 0 Å². The molecule has 3 heteroatoms. The first kappa shape index (κ1) is 9.93. The second-order valence-corrected chi connectivity index (χ2v) is 3.73. The fourth-order valence-corrected chi connectivity index (χ4v) is 1.62. The Kier molecular flexibility index (Phi) is 3.07. The van der Waals surface area contributed by atoms with Crippen LogP contribution in [-0.4, -0.2) is 29.6 Å². The Hall–Kier alpha value is -0.150. The number of alkyl halides is 1. The summed E-state index contributed by atoms with van der Waals surface area (Å²) in [5.74, 6) is 0.131. The summed E-state index contributed by atoms with van der Waals surface area (Å²) in [6.45, 7) is 5.70. The normalized spacial score (nSPS) is 42.5. The van der Waals surface area contributed by atoms with Crippen LogP contribution in [0.15, 0.2) is 0 Å². The van der Waals surface area contributed by atoms with Crippen LogP contribution in [0, 0.1) is 5.92 Å². The highest BCUT2D eigenvalue weighted by Crippen LogP contribution is 2.29. The Morgan fingerprint density at radius 1 is 1.50 bits per heavy atom. The molecule has 1 aliphatic heterocycles. The van der Waals surface area contributed by atoms with Crippen molar-refractivity contribution in [2.45, 2.75) is 51.7 Å². The van der Waals surface area contributed by atoms with Crippen LogP contribution < -0.4 is 0 Å². The van der Waals surface area contributed by atoms with Crippen LogP contribution in [0.4, 0.5) is 4.39 Å². The number of aliphatic hydroxyl groups excluding tert-OH is 1. The van der Waals surface area contributed by atoms with Crippen LogP contribution in [-0.2, 0) is 4.74 Å². The average Bonchev–Trinajstić information content (AvgIpc) is 2.30. The van der Waals surface area contributed by atoms with Gasteiger partial charge in [0.2, 0.25) is 0 Å². The molecule has 0 radical (unpaired) electrons. The number of aliphatic hydroxyl groups is 1. The van der Waals surface area contributed by atoms with Crippen LogP contribution >= 0.6 is 0 Å². The molecule has 1 rings (SSSR count). The van der Waals surface area contributed by atoms with Gasteiger partial charge in [-0.15, -0.1) is 0 Å². The lowest BCUT2D eigenvalue weighted by atomic mass is 10.0. The van der Waals surface area contributed by atoms with Gasteiger partial charge >= 0.3 is 0 Å². The number of halogens is 1. The van der Waals surface area contributed by atoms with E-state index in [1.807, 2.05) is 20.8 Å². The van der Waals surface area contributed by atoms with E-state index in [4.69, 9.17) is 4.74 Å². The largest absolute Gasteiger partial charge is 0.387 e. The molecule has 0 saturated carbocycles. The molecule has 0 spiro atoms. The molecule has 4 atom stereocenters. The molecule has 0 aromatic heterocycles. The monoisotopic (exact) mass is 176 g/mol. The zero-order valence-corrected chi connectivity index (χ0v) is 7.83. The summed E-state index contributed by atoms with van der Waals surface area (Å²) in [6.07, 6.45) is -2.21. The van der Waals surface area contributed by atoms with E-state index in [0.717, 1.165) is 0 Å². The molecule has 0 aromatic carbocycles. The fraction of sp³-hybridized carbons (Fsp3) is 1.00. The standard InChI is InChI=1S/C9H17FO2/c1-4-6-8(11)7(10)9(12-6)5(2)3/h5-9,11H,4H2,1-3H3/t6-,7+,8-,9+/m1/s1. The van der Waals surface area contributed by atoms with E-state index in [-0.39, 0.29) is 12.0 Å². The van der Waals surface area contributed by atoms with Gasteiger partial charge in [0.1, 0.15) is 6.10 Å². The Balaban J connectivity index is 2.60. The first-order valence-corrected chi connectivity index (χ1v) is 4.55. The Labute approximate surface area is 72.7 Å². The summed E-state index contributed by atoms with van der Waals surface area (Å²) < 4.78 is 18.7. The van der Waals surface area contributed by atoms with Gasteiger partial charge in [-0.1, -0.05) is 20.8 Å². The smallest absolute Gasteiger partial charge is 0.155 e. The molecule has 1 saturated heterocycles. The summed E-state index contributed by atoms with van der Waals surface area (Å²) in [6, 6.07) is 0. The van der Waals surface area contributed by atoms with Gasteiger partial charge < -0.3 is 9.84 Å². The molecule has 2 nitrogen and oxygen atoms in total. The molecule has 1 fully saturated rings. The maximum atomic E-state index is 13.3. The maximum Gasteiger partial charge on any atom is 0.155 e. The molecule has 1 aliphatic rings. The van der Waals surface area contributed by atoms with Crippen molar-refractivity contribution in [3.8, 4) is 0 Å². The van der Waals surface area contributed by atoms with Crippen molar-refractivity contribution in [3.63, 3.8) is 0 Å². The second kappa shape index (κ2) is 3.71. The van der Waals surface area contributed by atoms with Gasteiger partial charge in [0.15, 0.2) is 6.17 Å². The Morgan fingerprint density at radius 2 is 2.08 bits per heavy atom.